The number of benzene rings is 1. The number of aromatic nitrogens is 1. The van der Waals surface area contributed by atoms with Crippen molar-refractivity contribution in [3.05, 3.63) is 47.2 Å². The van der Waals surface area contributed by atoms with Gasteiger partial charge in [0.05, 0.1) is 5.69 Å². The molecule has 1 N–H and O–H groups in total. The Morgan fingerprint density at radius 2 is 2.09 bits per heavy atom. The summed E-state index contributed by atoms with van der Waals surface area (Å²) >= 11 is 1.71. The molecule has 1 aliphatic heterocycles. The number of urea groups is 1. The van der Waals surface area contributed by atoms with Crippen LogP contribution >= 0.6 is 11.8 Å². The van der Waals surface area contributed by atoms with Crippen LogP contribution in [0.5, 0.6) is 0 Å². The van der Waals surface area contributed by atoms with Gasteiger partial charge in [-0.3, -0.25) is 4.90 Å². The first-order chi connectivity index (χ1) is 10.5. The lowest BCUT2D eigenvalue weighted by molar-refractivity contribution is 0.257. The highest BCUT2D eigenvalue weighted by Crippen LogP contribution is 2.36. The van der Waals surface area contributed by atoms with E-state index in [1.807, 2.05) is 51.1 Å². The minimum Gasteiger partial charge on any atom is -0.308 e. The van der Waals surface area contributed by atoms with Crippen molar-refractivity contribution >= 4 is 29.2 Å². The van der Waals surface area contributed by atoms with Gasteiger partial charge in [0.15, 0.2) is 0 Å². The third kappa shape index (κ3) is 2.95. The topological polar surface area (TPSA) is 45.2 Å². The van der Waals surface area contributed by atoms with Gasteiger partial charge < -0.3 is 5.32 Å². The van der Waals surface area contributed by atoms with Crippen molar-refractivity contribution in [1.82, 2.24) is 4.98 Å². The Labute approximate surface area is 134 Å². The summed E-state index contributed by atoms with van der Waals surface area (Å²) in [6, 6.07) is 9.77. The largest absolute Gasteiger partial charge is 0.326 e. The first kappa shape index (κ1) is 14.9. The van der Waals surface area contributed by atoms with E-state index in [9.17, 15) is 4.79 Å². The van der Waals surface area contributed by atoms with E-state index in [4.69, 9.17) is 0 Å². The minimum atomic E-state index is -0.0964. The number of carbonyl (C=O) groups is 1. The molecule has 1 aliphatic rings. The molecular formula is C17H19N3OS. The fourth-order valence-electron chi connectivity index (χ4n) is 2.69. The zero-order chi connectivity index (χ0) is 15.7. The predicted molar refractivity (Wildman–Crippen MR) is 92.0 cm³/mol. The van der Waals surface area contributed by atoms with Gasteiger partial charge in [0, 0.05) is 23.7 Å². The van der Waals surface area contributed by atoms with Crippen molar-refractivity contribution in [1.29, 1.82) is 0 Å². The molecule has 1 aromatic heterocycles. The van der Waals surface area contributed by atoms with E-state index in [-0.39, 0.29) is 6.03 Å². The van der Waals surface area contributed by atoms with Crippen molar-refractivity contribution in [2.24, 2.45) is 0 Å². The average Bonchev–Trinajstić information content (AvgIpc) is 2.46. The van der Waals surface area contributed by atoms with Gasteiger partial charge in [-0.15, -0.1) is 11.8 Å². The number of hydrogen-bond acceptors (Lipinski definition) is 3. The molecule has 0 bridgehead atoms. The maximum absolute atomic E-state index is 12.7. The highest BCUT2D eigenvalue weighted by molar-refractivity contribution is 7.99. The van der Waals surface area contributed by atoms with Crippen LogP contribution in [0.4, 0.5) is 16.2 Å². The molecule has 3 rings (SSSR count). The van der Waals surface area contributed by atoms with Crippen LogP contribution in [0.3, 0.4) is 0 Å². The molecule has 0 spiro atoms. The Kier molecular flexibility index (Phi) is 4.07. The number of nitrogens with zero attached hydrogens (tertiary/aromatic N) is 2. The van der Waals surface area contributed by atoms with Crippen LogP contribution in [-0.2, 0) is 0 Å². The van der Waals surface area contributed by atoms with Gasteiger partial charge in [-0.2, -0.15) is 0 Å². The van der Waals surface area contributed by atoms with Crippen molar-refractivity contribution in [2.45, 2.75) is 25.8 Å². The van der Waals surface area contributed by atoms with Gasteiger partial charge in [-0.1, -0.05) is 12.1 Å². The smallest absolute Gasteiger partial charge is 0.308 e. The molecule has 2 amide bonds. The Bertz CT molecular complexity index is 730. The summed E-state index contributed by atoms with van der Waals surface area (Å²) in [5, 5.41) is 3.93. The molecule has 0 saturated heterocycles. The molecule has 0 radical (unpaired) electrons. The lowest BCUT2D eigenvalue weighted by atomic mass is 10.2. The van der Waals surface area contributed by atoms with Crippen LogP contribution in [0, 0.1) is 20.8 Å². The first-order valence-electron chi connectivity index (χ1n) is 7.31. The lowest BCUT2D eigenvalue weighted by Crippen LogP contribution is -2.39. The minimum absolute atomic E-state index is 0.0964. The van der Waals surface area contributed by atoms with Crippen molar-refractivity contribution in [2.75, 3.05) is 22.5 Å². The standard InChI is InChI=1S/C17H19N3OS/c1-11-5-4-6-14(9-11)19-17(21)20-7-8-22-16-15(20)12(2)10-13(3)18-16/h4-6,9-10H,7-8H2,1-3H3,(H,19,21). The number of fused-ring (bicyclic) bond motifs is 1. The number of carbonyl (C=O) groups excluding carboxylic acids is 1. The van der Waals surface area contributed by atoms with Crippen LogP contribution in [0.2, 0.25) is 0 Å². The summed E-state index contributed by atoms with van der Waals surface area (Å²) < 4.78 is 0. The van der Waals surface area contributed by atoms with Gasteiger partial charge in [0.2, 0.25) is 0 Å². The monoisotopic (exact) mass is 313 g/mol. The third-order valence-corrected chi connectivity index (χ3v) is 4.56. The molecule has 2 heterocycles. The Morgan fingerprint density at radius 3 is 2.86 bits per heavy atom. The van der Waals surface area contributed by atoms with E-state index in [1.165, 1.54) is 0 Å². The van der Waals surface area contributed by atoms with Crippen molar-refractivity contribution in [3.63, 3.8) is 0 Å². The molecule has 1 aromatic carbocycles. The molecule has 4 nitrogen and oxygen atoms in total. The molecule has 0 aliphatic carbocycles. The highest BCUT2D eigenvalue weighted by Gasteiger charge is 2.26. The lowest BCUT2D eigenvalue weighted by Gasteiger charge is -2.30. The highest BCUT2D eigenvalue weighted by atomic mass is 32.2. The predicted octanol–water partition coefficient (Wildman–Crippen LogP) is 4.15. The fourth-order valence-corrected chi connectivity index (χ4v) is 3.77. The maximum Gasteiger partial charge on any atom is 0.326 e. The van der Waals surface area contributed by atoms with Gasteiger partial charge in [0.25, 0.3) is 0 Å². The first-order valence-corrected chi connectivity index (χ1v) is 8.29. The Hall–Kier alpha value is -2.01. The second-order valence-corrected chi connectivity index (χ2v) is 6.62. The summed E-state index contributed by atoms with van der Waals surface area (Å²) in [6.07, 6.45) is 0. The average molecular weight is 313 g/mol. The van der Waals surface area contributed by atoms with Crippen LogP contribution in [0.15, 0.2) is 35.4 Å². The van der Waals surface area contributed by atoms with E-state index in [0.717, 1.165) is 39.0 Å². The zero-order valence-corrected chi connectivity index (χ0v) is 13.8. The maximum atomic E-state index is 12.7. The van der Waals surface area contributed by atoms with E-state index < -0.39 is 0 Å². The summed E-state index contributed by atoms with van der Waals surface area (Å²) in [7, 11) is 0. The van der Waals surface area contributed by atoms with Crippen LogP contribution in [-0.4, -0.2) is 23.3 Å². The van der Waals surface area contributed by atoms with Gasteiger partial charge >= 0.3 is 6.03 Å². The molecule has 2 aromatic rings. The number of amides is 2. The molecule has 22 heavy (non-hydrogen) atoms. The van der Waals surface area contributed by atoms with Gasteiger partial charge in [0.1, 0.15) is 5.03 Å². The van der Waals surface area contributed by atoms with Gasteiger partial charge in [-0.25, -0.2) is 9.78 Å². The van der Waals surface area contributed by atoms with E-state index in [2.05, 4.69) is 10.3 Å². The number of nitrogens with one attached hydrogen (secondary N) is 1. The van der Waals surface area contributed by atoms with Crippen LogP contribution < -0.4 is 10.2 Å². The van der Waals surface area contributed by atoms with Gasteiger partial charge in [-0.05, 0) is 50.1 Å². The number of thioether (sulfide) groups is 1. The summed E-state index contributed by atoms with van der Waals surface area (Å²) in [4.78, 5) is 19.0. The quantitative estimate of drug-likeness (QED) is 0.860. The van der Waals surface area contributed by atoms with E-state index in [1.54, 1.807) is 16.7 Å². The normalized spacial score (nSPS) is 13.7. The molecule has 5 heteroatoms. The van der Waals surface area contributed by atoms with Crippen LogP contribution in [0.25, 0.3) is 0 Å². The Morgan fingerprint density at radius 1 is 1.27 bits per heavy atom. The molecule has 0 atom stereocenters. The second-order valence-electron chi connectivity index (χ2n) is 5.53. The van der Waals surface area contributed by atoms with E-state index in [0.29, 0.717) is 6.54 Å². The Balaban J connectivity index is 1.89. The molecule has 0 fully saturated rings. The molecular weight excluding hydrogens is 294 g/mol. The molecule has 0 saturated carbocycles. The molecule has 114 valence electrons. The number of rotatable bonds is 1. The van der Waals surface area contributed by atoms with E-state index >= 15 is 0 Å². The molecule has 0 unspecified atom stereocenters. The van der Waals surface area contributed by atoms with Crippen molar-refractivity contribution < 1.29 is 4.79 Å². The number of hydrogen-bond donors (Lipinski definition) is 1. The number of aryl methyl sites for hydroxylation is 3. The van der Waals surface area contributed by atoms with Crippen molar-refractivity contribution in [3.8, 4) is 0 Å². The fraction of sp³-hybridized carbons (Fsp3) is 0.294. The summed E-state index contributed by atoms with van der Waals surface area (Å²) in [6.45, 7) is 6.73. The summed E-state index contributed by atoms with van der Waals surface area (Å²) in [5.74, 6) is 0.865. The zero-order valence-electron chi connectivity index (χ0n) is 13.0. The number of pyridine rings is 1. The SMILES string of the molecule is Cc1cccc(NC(=O)N2CCSc3nc(C)cc(C)c32)c1. The second kappa shape index (κ2) is 6.01. The van der Waals surface area contributed by atoms with Crippen LogP contribution in [0.1, 0.15) is 16.8 Å². The summed E-state index contributed by atoms with van der Waals surface area (Å²) in [5.41, 5.74) is 4.97. The third-order valence-electron chi connectivity index (χ3n) is 3.62. The number of anilines is 2.